The van der Waals surface area contributed by atoms with Crippen LogP contribution in [0.4, 0.5) is 0 Å². The molecule has 1 rings (SSSR count). The zero-order valence-electron chi connectivity index (χ0n) is 11.3. The number of ether oxygens (including phenoxy) is 2. The van der Waals surface area contributed by atoms with E-state index in [1.54, 1.807) is 13.0 Å². The minimum Gasteiger partial charge on any atom is -0.493 e. The molecule has 0 saturated heterocycles. The predicted octanol–water partition coefficient (Wildman–Crippen LogP) is 0.269. The van der Waals surface area contributed by atoms with Crippen molar-refractivity contribution in [1.82, 2.24) is 5.32 Å². The second-order valence-corrected chi connectivity index (χ2v) is 3.85. The number of amides is 1. The molecule has 1 aromatic carbocycles. The Hall–Kier alpha value is -2.28. The molecule has 0 fully saturated rings. The number of nitrogens with one attached hydrogen (secondary N) is 1. The van der Waals surface area contributed by atoms with Crippen LogP contribution < -0.4 is 14.8 Å². The van der Waals surface area contributed by atoms with Crippen LogP contribution in [0.5, 0.6) is 11.5 Å². The Morgan fingerprint density at radius 2 is 2.05 bits per heavy atom. The number of hydrogen-bond donors (Lipinski definition) is 3. The second kappa shape index (κ2) is 7.34. The third-order valence-corrected chi connectivity index (χ3v) is 2.51. The van der Waals surface area contributed by atoms with E-state index in [-0.39, 0.29) is 5.56 Å². The zero-order valence-corrected chi connectivity index (χ0v) is 11.3. The summed E-state index contributed by atoms with van der Waals surface area (Å²) in [6.07, 6.45) is 0. The molecule has 0 aliphatic heterocycles. The van der Waals surface area contributed by atoms with Gasteiger partial charge in [-0.05, 0) is 25.1 Å². The number of aliphatic hydroxyl groups excluding tert-OH is 1. The van der Waals surface area contributed by atoms with Crippen molar-refractivity contribution in [2.75, 3.05) is 20.3 Å². The number of benzene rings is 1. The first-order valence-corrected chi connectivity index (χ1v) is 5.98. The summed E-state index contributed by atoms with van der Waals surface area (Å²) in [6.45, 7) is 1.50. The highest BCUT2D eigenvalue weighted by atomic mass is 16.5. The number of aliphatic carboxylic acids is 1. The van der Waals surface area contributed by atoms with Crippen LogP contribution in [0.25, 0.3) is 0 Å². The minimum atomic E-state index is -1.35. The van der Waals surface area contributed by atoms with Gasteiger partial charge in [-0.15, -0.1) is 0 Å². The number of carboxylic acid groups (broad SMARTS) is 1. The van der Waals surface area contributed by atoms with Crippen molar-refractivity contribution in [2.24, 2.45) is 0 Å². The normalized spacial score (nSPS) is 11.6. The number of hydrogen-bond acceptors (Lipinski definition) is 5. The van der Waals surface area contributed by atoms with Gasteiger partial charge in [0.15, 0.2) is 17.5 Å². The van der Waals surface area contributed by atoms with Crippen LogP contribution >= 0.6 is 0 Å². The van der Waals surface area contributed by atoms with Crippen LogP contribution in [0.2, 0.25) is 0 Å². The summed E-state index contributed by atoms with van der Waals surface area (Å²) < 4.78 is 10.4. The molecule has 0 saturated carbocycles. The first-order chi connectivity index (χ1) is 9.53. The maximum atomic E-state index is 11.9. The molecule has 0 radical (unpaired) electrons. The molecular weight excluding hydrogens is 266 g/mol. The molecule has 110 valence electrons. The topological polar surface area (TPSA) is 105 Å². The molecule has 7 nitrogen and oxygen atoms in total. The largest absolute Gasteiger partial charge is 0.493 e. The predicted molar refractivity (Wildman–Crippen MR) is 70.1 cm³/mol. The highest BCUT2D eigenvalue weighted by Gasteiger charge is 2.20. The van der Waals surface area contributed by atoms with E-state index >= 15 is 0 Å². The van der Waals surface area contributed by atoms with Crippen molar-refractivity contribution >= 4 is 11.9 Å². The maximum Gasteiger partial charge on any atom is 0.328 e. The second-order valence-electron chi connectivity index (χ2n) is 3.85. The van der Waals surface area contributed by atoms with E-state index in [1.807, 2.05) is 0 Å². The van der Waals surface area contributed by atoms with Crippen LogP contribution in [0.3, 0.4) is 0 Å². The molecule has 1 atom stereocenters. The van der Waals surface area contributed by atoms with Crippen LogP contribution in [-0.2, 0) is 4.79 Å². The molecule has 3 N–H and O–H groups in total. The molecule has 0 aromatic heterocycles. The van der Waals surface area contributed by atoms with Crippen molar-refractivity contribution < 1.29 is 29.3 Å². The number of methoxy groups -OCH3 is 1. The fourth-order valence-corrected chi connectivity index (χ4v) is 1.51. The number of carbonyl (C=O) groups is 2. The fourth-order valence-electron chi connectivity index (χ4n) is 1.51. The lowest BCUT2D eigenvalue weighted by Gasteiger charge is -2.13. The molecule has 20 heavy (non-hydrogen) atoms. The maximum absolute atomic E-state index is 11.9. The average molecular weight is 283 g/mol. The van der Waals surface area contributed by atoms with Gasteiger partial charge in [0.2, 0.25) is 0 Å². The summed E-state index contributed by atoms with van der Waals surface area (Å²) in [7, 11) is 1.48. The molecule has 0 aliphatic rings. The van der Waals surface area contributed by atoms with E-state index < -0.39 is 24.5 Å². The van der Waals surface area contributed by atoms with Crippen LogP contribution in [0.15, 0.2) is 18.2 Å². The first-order valence-electron chi connectivity index (χ1n) is 5.98. The smallest absolute Gasteiger partial charge is 0.328 e. The van der Waals surface area contributed by atoms with Crippen LogP contribution in [-0.4, -0.2) is 48.5 Å². The molecule has 0 heterocycles. The highest BCUT2D eigenvalue weighted by Crippen LogP contribution is 2.28. The van der Waals surface area contributed by atoms with E-state index in [1.165, 1.54) is 19.2 Å². The number of aliphatic hydroxyl groups is 1. The van der Waals surface area contributed by atoms with Gasteiger partial charge < -0.3 is 25.0 Å². The van der Waals surface area contributed by atoms with Crippen molar-refractivity contribution in [3.05, 3.63) is 23.8 Å². The summed E-state index contributed by atoms with van der Waals surface area (Å²) in [4.78, 5) is 22.6. The van der Waals surface area contributed by atoms with Gasteiger partial charge in [-0.2, -0.15) is 0 Å². The van der Waals surface area contributed by atoms with Gasteiger partial charge in [0.1, 0.15) is 0 Å². The number of carboxylic acids is 1. The minimum absolute atomic E-state index is 0.217. The lowest BCUT2D eigenvalue weighted by atomic mass is 10.1. The lowest BCUT2D eigenvalue weighted by Crippen LogP contribution is -2.43. The van der Waals surface area contributed by atoms with Gasteiger partial charge in [-0.3, -0.25) is 4.79 Å². The average Bonchev–Trinajstić information content (AvgIpc) is 2.44. The van der Waals surface area contributed by atoms with Crippen molar-refractivity contribution in [3.8, 4) is 11.5 Å². The van der Waals surface area contributed by atoms with Crippen molar-refractivity contribution in [2.45, 2.75) is 13.0 Å². The molecule has 1 aromatic rings. The third kappa shape index (κ3) is 3.86. The molecule has 0 aliphatic carbocycles. The van der Waals surface area contributed by atoms with E-state index in [9.17, 15) is 9.59 Å². The van der Waals surface area contributed by atoms with Gasteiger partial charge in [0.25, 0.3) is 5.91 Å². The Morgan fingerprint density at radius 3 is 2.55 bits per heavy atom. The van der Waals surface area contributed by atoms with E-state index in [4.69, 9.17) is 19.7 Å². The van der Waals surface area contributed by atoms with E-state index in [0.717, 1.165) is 0 Å². The molecule has 7 heteroatoms. The molecule has 0 bridgehead atoms. The monoisotopic (exact) mass is 283 g/mol. The van der Waals surface area contributed by atoms with Gasteiger partial charge in [-0.25, -0.2) is 4.79 Å². The fraction of sp³-hybridized carbons (Fsp3) is 0.385. The Labute approximate surface area is 116 Å². The molecule has 1 amide bonds. The van der Waals surface area contributed by atoms with E-state index in [2.05, 4.69) is 5.32 Å². The van der Waals surface area contributed by atoms with Crippen molar-refractivity contribution in [3.63, 3.8) is 0 Å². The number of rotatable bonds is 7. The van der Waals surface area contributed by atoms with Gasteiger partial charge >= 0.3 is 5.97 Å². The molecule has 0 spiro atoms. The quantitative estimate of drug-likeness (QED) is 0.663. The SMILES string of the molecule is CCOc1cc(C(=O)N[C@H](CO)C(=O)O)ccc1OC. The summed E-state index contributed by atoms with van der Waals surface area (Å²) in [5, 5.41) is 19.8. The van der Waals surface area contributed by atoms with Gasteiger partial charge in [0, 0.05) is 5.56 Å². The lowest BCUT2D eigenvalue weighted by molar-refractivity contribution is -0.140. The highest BCUT2D eigenvalue weighted by molar-refractivity contribution is 5.97. The molecular formula is C13H17NO6. The molecule has 0 unspecified atom stereocenters. The number of carbonyl (C=O) groups excluding carboxylic acids is 1. The Balaban J connectivity index is 2.93. The van der Waals surface area contributed by atoms with Gasteiger partial charge in [0.05, 0.1) is 20.3 Å². The Kier molecular flexibility index (Phi) is 5.79. The Bertz CT molecular complexity index is 488. The Morgan fingerprint density at radius 1 is 1.35 bits per heavy atom. The van der Waals surface area contributed by atoms with Crippen LogP contribution in [0.1, 0.15) is 17.3 Å². The zero-order chi connectivity index (χ0) is 15.1. The summed E-state index contributed by atoms with van der Waals surface area (Å²) in [6, 6.07) is 3.13. The van der Waals surface area contributed by atoms with Crippen LogP contribution in [0, 0.1) is 0 Å². The first kappa shape index (κ1) is 15.8. The summed E-state index contributed by atoms with van der Waals surface area (Å²) in [5.41, 5.74) is 0.217. The summed E-state index contributed by atoms with van der Waals surface area (Å²) >= 11 is 0. The van der Waals surface area contributed by atoms with E-state index in [0.29, 0.717) is 18.1 Å². The third-order valence-electron chi connectivity index (χ3n) is 2.51. The summed E-state index contributed by atoms with van der Waals surface area (Å²) in [5.74, 6) is -1.06. The standard InChI is InChI=1S/C13H17NO6/c1-3-20-11-6-8(4-5-10(11)19-2)12(16)14-9(7-15)13(17)18/h4-6,9,15H,3,7H2,1-2H3,(H,14,16)(H,17,18)/t9-/m1/s1. The van der Waals surface area contributed by atoms with Crippen molar-refractivity contribution in [1.29, 1.82) is 0 Å². The van der Waals surface area contributed by atoms with Gasteiger partial charge in [-0.1, -0.05) is 0 Å².